The third-order valence-corrected chi connectivity index (χ3v) is 5.97. The van der Waals surface area contributed by atoms with Crippen molar-refractivity contribution < 1.29 is 33.0 Å². The first-order valence-corrected chi connectivity index (χ1v) is 11.2. The van der Waals surface area contributed by atoms with Crippen LogP contribution in [0.2, 0.25) is 5.02 Å². The van der Waals surface area contributed by atoms with Crippen LogP contribution in [0, 0.1) is 11.6 Å². The number of rotatable bonds is 7. The fraction of sp³-hybridized carbons (Fsp3) is 0.250. The summed E-state index contributed by atoms with van der Waals surface area (Å²) >= 11 is 5.69. The molecule has 0 aliphatic carbocycles. The first kappa shape index (κ1) is 25.1. The van der Waals surface area contributed by atoms with Crippen LogP contribution in [0.1, 0.15) is 12.8 Å². The van der Waals surface area contributed by atoms with E-state index in [2.05, 4.69) is 15.3 Å². The molecule has 12 heteroatoms. The number of carboxylic acid groups (broad SMARTS) is 1. The number of likely N-dealkylation sites (tertiary alicyclic amines) is 1. The number of fused-ring (bicyclic) bond motifs is 1. The lowest BCUT2D eigenvalue weighted by atomic mass is 10.1. The van der Waals surface area contributed by atoms with Crippen LogP contribution in [0.25, 0.3) is 10.9 Å². The Labute approximate surface area is 209 Å². The zero-order valence-corrected chi connectivity index (χ0v) is 19.8. The van der Waals surface area contributed by atoms with Crippen molar-refractivity contribution in [3.8, 4) is 11.5 Å². The maximum atomic E-state index is 14.4. The molecular weight excluding hydrogens is 498 g/mol. The van der Waals surface area contributed by atoms with Gasteiger partial charge in [0.15, 0.2) is 17.3 Å². The highest BCUT2D eigenvalue weighted by atomic mass is 35.5. The molecular formula is C24H21ClF2N4O5. The number of carbonyl (C=O) groups is 2. The van der Waals surface area contributed by atoms with Crippen LogP contribution in [0.3, 0.4) is 0 Å². The Morgan fingerprint density at radius 2 is 1.92 bits per heavy atom. The summed E-state index contributed by atoms with van der Waals surface area (Å²) in [5, 5.41) is 11.4. The predicted molar refractivity (Wildman–Crippen MR) is 128 cm³/mol. The van der Waals surface area contributed by atoms with Crippen molar-refractivity contribution in [1.82, 2.24) is 14.9 Å². The van der Waals surface area contributed by atoms with Gasteiger partial charge in [0.1, 0.15) is 29.1 Å². The van der Waals surface area contributed by atoms with Gasteiger partial charge in [0, 0.05) is 49.5 Å². The minimum absolute atomic E-state index is 0.0614. The molecule has 1 fully saturated rings. The smallest absolute Gasteiger partial charge is 0.328 e. The maximum Gasteiger partial charge on any atom is 0.328 e. The number of anilines is 2. The average Bonchev–Trinajstić information content (AvgIpc) is 2.88. The number of hydrogen-bond acceptors (Lipinski definition) is 7. The molecule has 1 aliphatic heterocycles. The Morgan fingerprint density at radius 3 is 2.61 bits per heavy atom. The zero-order valence-electron chi connectivity index (χ0n) is 19.0. The van der Waals surface area contributed by atoms with E-state index in [0.717, 1.165) is 18.2 Å². The Balaban J connectivity index is 1.55. The molecule has 0 radical (unpaired) electrons. The fourth-order valence-corrected chi connectivity index (χ4v) is 3.95. The number of ether oxygens (including phenoxy) is 2. The molecule has 36 heavy (non-hydrogen) atoms. The van der Waals surface area contributed by atoms with E-state index in [4.69, 9.17) is 26.2 Å². The molecule has 1 aromatic heterocycles. The number of nitrogens with one attached hydrogen (secondary N) is 1. The van der Waals surface area contributed by atoms with Gasteiger partial charge in [-0.3, -0.25) is 4.79 Å². The van der Waals surface area contributed by atoms with Gasteiger partial charge >= 0.3 is 5.97 Å². The van der Waals surface area contributed by atoms with Gasteiger partial charge in [0.2, 0.25) is 5.91 Å². The van der Waals surface area contributed by atoms with Gasteiger partial charge in [0.05, 0.1) is 18.3 Å². The van der Waals surface area contributed by atoms with Crippen LogP contribution >= 0.6 is 11.6 Å². The zero-order chi connectivity index (χ0) is 25.8. The normalized spacial score (nSPS) is 14.3. The van der Waals surface area contributed by atoms with E-state index < -0.39 is 22.6 Å². The maximum absolute atomic E-state index is 14.4. The number of halogens is 3. The van der Waals surface area contributed by atoms with Gasteiger partial charge in [-0.2, -0.15) is 0 Å². The Morgan fingerprint density at radius 1 is 1.17 bits per heavy atom. The van der Waals surface area contributed by atoms with E-state index in [-0.39, 0.29) is 23.5 Å². The van der Waals surface area contributed by atoms with Crippen molar-refractivity contribution >= 4 is 45.9 Å². The summed E-state index contributed by atoms with van der Waals surface area (Å²) in [6.07, 6.45) is 3.93. The SMILES string of the molecule is COc1cc2ncnc(Nc3ccc(F)c(Cl)c3F)c2cc1OC1CCN(C(=O)/C=C/C(=O)O)CC1. The Hall–Kier alpha value is -3.99. The Bertz CT molecular complexity index is 1350. The molecule has 9 nitrogen and oxygen atoms in total. The number of aliphatic carboxylic acids is 1. The number of benzene rings is 2. The quantitative estimate of drug-likeness (QED) is 0.351. The fourth-order valence-electron chi connectivity index (χ4n) is 3.79. The number of amides is 1. The highest BCUT2D eigenvalue weighted by molar-refractivity contribution is 6.31. The first-order chi connectivity index (χ1) is 17.3. The lowest BCUT2D eigenvalue weighted by Gasteiger charge is -2.31. The van der Waals surface area contributed by atoms with Gasteiger partial charge < -0.3 is 24.8 Å². The van der Waals surface area contributed by atoms with Crippen LogP contribution in [0.4, 0.5) is 20.3 Å². The molecule has 4 rings (SSSR count). The van der Waals surface area contributed by atoms with Crippen LogP contribution in [0.15, 0.2) is 42.7 Å². The summed E-state index contributed by atoms with van der Waals surface area (Å²) in [7, 11) is 1.49. The van der Waals surface area contributed by atoms with Crippen molar-refractivity contribution in [2.45, 2.75) is 18.9 Å². The summed E-state index contributed by atoms with van der Waals surface area (Å²) in [6, 6.07) is 5.57. The van der Waals surface area contributed by atoms with E-state index in [9.17, 15) is 18.4 Å². The number of carbonyl (C=O) groups excluding carboxylic acids is 1. The van der Waals surface area contributed by atoms with Crippen LogP contribution < -0.4 is 14.8 Å². The highest BCUT2D eigenvalue weighted by Crippen LogP contribution is 2.37. The third-order valence-electron chi connectivity index (χ3n) is 5.62. The number of carboxylic acids is 1. The van der Waals surface area contributed by atoms with Crippen molar-refractivity contribution in [2.24, 2.45) is 0 Å². The van der Waals surface area contributed by atoms with Gasteiger partial charge in [-0.15, -0.1) is 0 Å². The minimum Gasteiger partial charge on any atom is -0.493 e. The topological polar surface area (TPSA) is 114 Å². The Kier molecular flexibility index (Phi) is 7.49. The average molecular weight is 519 g/mol. The number of methoxy groups -OCH3 is 1. The molecule has 1 amide bonds. The van der Waals surface area contributed by atoms with Crippen LogP contribution in [0.5, 0.6) is 11.5 Å². The van der Waals surface area contributed by atoms with Gasteiger partial charge in [0.25, 0.3) is 0 Å². The molecule has 2 heterocycles. The predicted octanol–water partition coefficient (Wildman–Crippen LogP) is 4.32. The van der Waals surface area contributed by atoms with Gasteiger partial charge in [-0.05, 0) is 18.2 Å². The molecule has 0 spiro atoms. The molecule has 188 valence electrons. The monoisotopic (exact) mass is 518 g/mol. The van der Waals surface area contributed by atoms with Crippen molar-refractivity contribution in [1.29, 1.82) is 0 Å². The first-order valence-electron chi connectivity index (χ1n) is 10.9. The lowest BCUT2D eigenvalue weighted by Crippen LogP contribution is -2.41. The van der Waals surface area contributed by atoms with Crippen molar-refractivity contribution in [2.75, 3.05) is 25.5 Å². The van der Waals surface area contributed by atoms with E-state index in [0.29, 0.717) is 48.3 Å². The van der Waals surface area contributed by atoms with E-state index in [1.807, 2.05) is 0 Å². The van der Waals surface area contributed by atoms with Crippen molar-refractivity contribution in [3.05, 3.63) is 59.4 Å². The molecule has 0 unspecified atom stereocenters. The summed E-state index contributed by atoms with van der Waals surface area (Å²) in [4.78, 5) is 32.7. The second kappa shape index (κ2) is 10.7. The molecule has 3 aromatic rings. The second-order valence-corrected chi connectivity index (χ2v) is 8.28. The minimum atomic E-state index is -1.19. The molecule has 1 saturated heterocycles. The third kappa shape index (κ3) is 5.46. The molecule has 2 aromatic carbocycles. The summed E-state index contributed by atoms with van der Waals surface area (Å²) in [5.74, 6) is -2.32. The van der Waals surface area contributed by atoms with Crippen LogP contribution in [-0.4, -0.2) is 58.2 Å². The molecule has 1 aliphatic rings. The summed E-state index contributed by atoms with van der Waals surface area (Å²) < 4.78 is 39.6. The summed E-state index contributed by atoms with van der Waals surface area (Å²) in [5.41, 5.74) is 0.435. The number of hydrogen-bond donors (Lipinski definition) is 2. The molecule has 0 atom stereocenters. The van der Waals surface area contributed by atoms with E-state index in [1.165, 1.54) is 19.5 Å². The van der Waals surface area contributed by atoms with Gasteiger partial charge in [-0.25, -0.2) is 23.5 Å². The summed E-state index contributed by atoms with van der Waals surface area (Å²) in [6.45, 7) is 0.785. The van der Waals surface area contributed by atoms with E-state index in [1.54, 1.807) is 17.0 Å². The highest BCUT2D eigenvalue weighted by Gasteiger charge is 2.24. The standard InChI is InChI=1S/C24H21ClF2N4O5/c1-35-18-11-17-14(24(29-12-28-17)30-16-3-2-15(26)22(25)23(16)27)10-19(18)36-13-6-8-31(9-7-13)20(32)4-5-21(33)34/h2-5,10-13H,6-9H2,1H3,(H,33,34)(H,28,29,30)/b5-4+. The second-order valence-electron chi connectivity index (χ2n) is 7.90. The molecule has 0 bridgehead atoms. The largest absolute Gasteiger partial charge is 0.493 e. The number of aromatic nitrogens is 2. The lowest BCUT2D eigenvalue weighted by molar-refractivity contribution is -0.132. The number of piperidine rings is 1. The molecule has 2 N–H and O–H groups in total. The molecule has 0 saturated carbocycles. The van der Waals surface area contributed by atoms with Crippen molar-refractivity contribution in [3.63, 3.8) is 0 Å². The van der Waals surface area contributed by atoms with E-state index >= 15 is 0 Å². The van der Waals surface area contributed by atoms with Gasteiger partial charge in [-0.1, -0.05) is 11.6 Å². The number of nitrogens with zero attached hydrogens (tertiary/aromatic N) is 3. The van der Waals surface area contributed by atoms with Crippen LogP contribution in [-0.2, 0) is 9.59 Å².